The van der Waals surface area contributed by atoms with E-state index in [0.29, 0.717) is 13.2 Å². The van der Waals surface area contributed by atoms with E-state index >= 15 is 0 Å². The van der Waals surface area contributed by atoms with Crippen LogP contribution in [0.2, 0.25) is 0 Å². The first-order valence-electron chi connectivity index (χ1n) is 7.22. The third kappa shape index (κ3) is 5.46. The first-order chi connectivity index (χ1) is 9.88. The molecule has 1 aromatic carbocycles. The number of hydrogen-bond donors (Lipinski definition) is 2. The van der Waals surface area contributed by atoms with Gasteiger partial charge in [-0.05, 0) is 17.7 Å². The number of ether oxygens (including phenoxy) is 2. The van der Waals surface area contributed by atoms with Crippen molar-refractivity contribution >= 4 is 0 Å². The molecule has 0 unspecified atom stereocenters. The second-order valence-corrected chi connectivity index (χ2v) is 4.85. The van der Waals surface area contributed by atoms with Crippen molar-refractivity contribution in [2.75, 3.05) is 52.6 Å². The molecule has 5 nitrogen and oxygen atoms in total. The molecule has 1 aromatic rings. The lowest BCUT2D eigenvalue weighted by Gasteiger charge is -2.26. The monoisotopic (exact) mass is 280 g/mol. The zero-order valence-electron chi connectivity index (χ0n) is 11.9. The standard InChI is InChI=1S/C15H24N2O3/c18-8-4-16-13-14-2-1-3-15(12-14)20-11-7-17-5-9-19-10-6-17/h1-3,12,16,18H,4-11,13H2. The Morgan fingerprint density at radius 1 is 1.30 bits per heavy atom. The molecule has 20 heavy (non-hydrogen) atoms. The van der Waals surface area contributed by atoms with Crippen molar-refractivity contribution in [3.8, 4) is 5.75 Å². The molecule has 0 atom stereocenters. The van der Waals surface area contributed by atoms with E-state index < -0.39 is 0 Å². The number of nitrogens with zero attached hydrogens (tertiary/aromatic N) is 1. The minimum absolute atomic E-state index is 0.162. The number of hydrogen-bond acceptors (Lipinski definition) is 5. The molecule has 0 bridgehead atoms. The Balaban J connectivity index is 1.70. The molecule has 0 radical (unpaired) electrons. The molecule has 1 saturated heterocycles. The smallest absolute Gasteiger partial charge is 0.119 e. The van der Waals surface area contributed by atoms with E-state index in [1.165, 1.54) is 5.56 Å². The summed E-state index contributed by atoms with van der Waals surface area (Å²) in [5, 5.41) is 11.9. The maximum Gasteiger partial charge on any atom is 0.119 e. The molecule has 0 aromatic heterocycles. The van der Waals surface area contributed by atoms with Crippen molar-refractivity contribution < 1.29 is 14.6 Å². The maximum absolute atomic E-state index is 8.74. The van der Waals surface area contributed by atoms with Crippen LogP contribution in [0.4, 0.5) is 0 Å². The second-order valence-electron chi connectivity index (χ2n) is 4.85. The number of benzene rings is 1. The number of nitrogens with one attached hydrogen (secondary N) is 1. The Morgan fingerprint density at radius 2 is 2.15 bits per heavy atom. The highest BCUT2D eigenvalue weighted by molar-refractivity contribution is 5.28. The SMILES string of the molecule is OCCNCc1cccc(OCCN2CCOCC2)c1. The van der Waals surface area contributed by atoms with Gasteiger partial charge in [0.15, 0.2) is 0 Å². The molecule has 0 saturated carbocycles. The van der Waals surface area contributed by atoms with E-state index in [1.54, 1.807) is 0 Å². The summed E-state index contributed by atoms with van der Waals surface area (Å²) in [5.41, 5.74) is 1.17. The van der Waals surface area contributed by atoms with Crippen LogP contribution >= 0.6 is 0 Å². The van der Waals surface area contributed by atoms with Crippen LogP contribution in [0.25, 0.3) is 0 Å². The molecular formula is C15H24N2O3. The molecule has 5 heteroatoms. The minimum atomic E-state index is 0.162. The average Bonchev–Trinajstić information content (AvgIpc) is 2.49. The van der Waals surface area contributed by atoms with E-state index in [2.05, 4.69) is 16.3 Å². The van der Waals surface area contributed by atoms with Gasteiger partial charge in [0.05, 0.1) is 19.8 Å². The summed E-state index contributed by atoms with van der Waals surface area (Å²) in [6.07, 6.45) is 0. The fourth-order valence-electron chi connectivity index (χ4n) is 2.17. The molecule has 1 heterocycles. The quantitative estimate of drug-likeness (QED) is 0.678. The highest BCUT2D eigenvalue weighted by Gasteiger charge is 2.09. The Hall–Kier alpha value is -1.14. The Morgan fingerprint density at radius 3 is 2.95 bits per heavy atom. The Bertz CT molecular complexity index is 381. The Kier molecular flexibility index (Phi) is 6.80. The molecule has 0 spiro atoms. The average molecular weight is 280 g/mol. The number of rotatable bonds is 8. The summed E-state index contributed by atoms with van der Waals surface area (Å²) >= 11 is 0. The number of aliphatic hydroxyl groups excluding tert-OH is 1. The van der Waals surface area contributed by atoms with Gasteiger partial charge in [-0.25, -0.2) is 0 Å². The summed E-state index contributed by atoms with van der Waals surface area (Å²) in [5.74, 6) is 0.904. The van der Waals surface area contributed by atoms with Gasteiger partial charge in [0, 0.05) is 32.7 Å². The lowest BCUT2D eigenvalue weighted by atomic mass is 10.2. The topological polar surface area (TPSA) is 54.0 Å². The van der Waals surface area contributed by atoms with Gasteiger partial charge in [0.25, 0.3) is 0 Å². The van der Waals surface area contributed by atoms with Crippen LogP contribution in [0.3, 0.4) is 0 Å². The second kappa shape index (κ2) is 8.92. The maximum atomic E-state index is 8.74. The van der Waals surface area contributed by atoms with Crippen LogP contribution in [0.15, 0.2) is 24.3 Å². The molecule has 2 rings (SSSR count). The zero-order chi connectivity index (χ0) is 14.0. The van der Waals surface area contributed by atoms with Crippen molar-refractivity contribution in [1.29, 1.82) is 0 Å². The largest absolute Gasteiger partial charge is 0.492 e. The molecular weight excluding hydrogens is 256 g/mol. The summed E-state index contributed by atoms with van der Waals surface area (Å²) < 4.78 is 11.1. The predicted octanol–water partition coefficient (Wildman–Crippen LogP) is 0.480. The fourth-order valence-corrected chi connectivity index (χ4v) is 2.17. The summed E-state index contributed by atoms with van der Waals surface area (Å²) in [6.45, 7) is 6.81. The summed E-state index contributed by atoms with van der Waals surface area (Å²) in [4.78, 5) is 2.36. The summed E-state index contributed by atoms with van der Waals surface area (Å²) in [7, 11) is 0. The van der Waals surface area contributed by atoms with Gasteiger partial charge in [-0.1, -0.05) is 12.1 Å². The van der Waals surface area contributed by atoms with E-state index in [9.17, 15) is 0 Å². The van der Waals surface area contributed by atoms with Gasteiger partial charge >= 0.3 is 0 Å². The van der Waals surface area contributed by atoms with Crippen molar-refractivity contribution in [2.45, 2.75) is 6.54 Å². The van der Waals surface area contributed by atoms with Gasteiger partial charge in [0.1, 0.15) is 12.4 Å². The lowest BCUT2D eigenvalue weighted by Crippen LogP contribution is -2.38. The van der Waals surface area contributed by atoms with E-state index in [1.807, 2.05) is 18.2 Å². The van der Waals surface area contributed by atoms with E-state index in [0.717, 1.165) is 45.1 Å². The normalized spacial score (nSPS) is 16.2. The van der Waals surface area contributed by atoms with Crippen LogP contribution in [0.5, 0.6) is 5.75 Å². The number of aliphatic hydroxyl groups is 1. The molecule has 1 aliphatic rings. The first-order valence-corrected chi connectivity index (χ1v) is 7.22. The highest BCUT2D eigenvalue weighted by Crippen LogP contribution is 2.13. The van der Waals surface area contributed by atoms with Gasteiger partial charge in [-0.3, -0.25) is 4.90 Å². The lowest BCUT2D eigenvalue weighted by molar-refractivity contribution is 0.0322. The molecule has 112 valence electrons. The molecule has 0 aliphatic carbocycles. The van der Waals surface area contributed by atoms with E-state index in [4.69, 9.17) is 14.6 Å². The van der Waals surface area contributed by atoms with Gasteiger partial charge in [-0.2, -0.15) is 0 Å². The van der Waals surface area contributed by atoms with Crippen LogP contribution in [0, 0.1) is 0 Å². The van der Waals surface area contributed by atoms with Crippen molar-refractivity contribution in [1.82, 2.24) is 10.2 Å². The van der Waals surface area contributed by atoms with Gasteiger partial charge in [0.2, 0.25) is 0 Å². The third-order valence-corrected chi connectivity index (χ3v) is 3.30. The number of morpholine rings is 1. The first kappa shape index (κ1) is 15.3. The van der Waals surface area contributed by atoms with Crippen LogP contribution in [-0.2, 0) is 11.3 Å². The van der Waals surface area contributed by atoms with Crippen LogP contribution < -0.4 is 10.1 Å². The zero-order valence-corrected chi connectivity index (χ0v) is 11.9. The Labute approximate surface area is 120 Å². The minimum Gasteiger partial charge on any atom is -0.492 e. The van der Waals surface area contributed by atoms with Gasteiger partial charge < -0.3 is 19.9 Å². The predicted molar refractivity (Wildman–Crippen MR) is 78.0 cm³/mol. The van der Waals surface area contributed by atoms with E-state index in [-0.39, 0.29) is 6.61 Å². The van der Waals surface area contributed by atoms with Crippen LogP contribution in [-0.4, -0.2) is 62.6 Å². The molecule has 1 aliphatic heterocycles. The fraction of sp³-hybridized carbons (Fsp3) is 0.600. The summed E-state index contributed by atoms with van der Waals surface area (Å²) in [6, 6.07) is 8.08. The van der Waals surface area contributed by atoms with Crippen molar-refractivity contribution in [3.05, 3.63) is 29.8 Å². The molecule has 2 N–H and O–H groups in total. The van der Waals surface area contributed by atoms with Gasteiger partial charge in [-0.15, -0.1) is 0 Å². The van der Waals surface area contributed by atoms with Crippen molar-refractivity contribution in [3.63, 3.8) is 0 Å². The van der Waals surface area contributed by atoms with Crippen LogP contribution in [0.1, 0.15) is 5.56 Å². The highest BCUT2D eigenvalue weighted by atomic mass is 16.5. The molecule has 0 amide bonds. The van der Waals surface area contributed by atoms with Crippen molar-refractivity contribution in [2.24, 2.45) is 0 Å². The third-order valence-electron chi connectivity index (χ3n) is 3.30. The molecule has 1 fully saturated rings.